The van der Waals surface area contributed by atoms with Gasteiger partial charge < -0.3 is 10.6 Å². The van der Waals surface area contributed by atoms with Crippen LogP contribution in [0.15, 0.2) is 61.7 Å². The highest BCUT2D eigenvalue weighted by Crippen LogP contribution is 2.36. The SMILES string of the molecule is C=C(NC(=O)c1cc(-c2cccnc2F)ncn1)c1ncc(C(=O)CNc2ccc(Cl)c(C(F)(F)F)c2)s1. The number of alkyl halides is 3. The molecule has 0 radical (unpaired) electrons. The predicted molar refractivity (Wildman–Crippen MR) is 133 cm³/mol. The molecule has 2 N–H and O–H groups in total. The molecule has 3 aromatic heterocycles. The van der Waals surface area contributed by atoms with Crippen LogP contribution in [0.25, 0.3) is 17.0 Å². The molecule has 38 heavy (non-hydrogen) atoms. The fourth-order valence-electron chi connectivity index (χ4n) is 3.12. The number of amides is 1. The second-order valence-electron chi connectivity index (χ2n) is 7.56. The highest BCUT2D eigenvalue weighted by molar-refractivity contribution is 7.14. The lowest BCUT2D eigenvalue weighted by Gasteiger charge is -2.11. The zero-order valence-corrected chi connectivity index (χ0v) is 20.6. The van der Waals surface area contributed by atoms with Crippen molar-refractivity contribution in [2.45, 2.75) is 6.18 Å². The van der Waals surface area contributed by atoms with E-state index in [1.165, 1.54) is 36.7 Å². The molecule has 4 rings (SSSR count). The topological polar surface area (TPSA) is 110 Å². The van der Waals surface area contributed by atoms with Crippen LogP contribution in [0.3, 0.4) is 0 Å². The molecule has 3 heterocycles. The Labute approximate surface area is 221 Å². The number of ketones is 1. The van der Waals surface area contributed by atoms with Gasteiger partial charge in [0, 0.05) is 18.1 Å². The van der Waals surface area contributed by atoms with Gasteiger partial charge >= 0.3 is 6.18 Å². The normalized spacial score (nSPS) is 11.2. The van der Waals surface area contributed by atoms with Crippen molar-refractivity contribution >= 4 is 46.0 Å². The summed E-state index contributed by atoms with van der Waals surface area (Å²) in [6.07, 6.45) is -0.996. The zero-order chi connectivity index (χ0) is 27.4. The van der Waals surface area contributed by atoms with E-state index in [1.807, 2.05) is 0 Å². The van der Waals surface area contributed by atoms with E-state index in [-0.39, 0.29) is 44.8 Å². The van der Waals surface area contributed by atoms with Gasteiger partial charge in [0.05, 0.1) is 39.0 Å². The quantitative estimate of drug-likeness (QED) is 0.166. The van der Waals surface area contributed by atoms with Crippen molar-refractivity contribution in [2.24, 2.45) is 0 Å². The first-order valence-corrected chi connectivity index (χ1v) is 11.8. The summed E-state index contributed by atoms with van der Waals surface area (Å²) in [5, 5.41) is 4.91. The minimum Gasteiger partial charge on any atom is -0.378 e. The molecule has 0 spiro atoms. The minimum atomic E-state index is -4.64. The van der Waals surface area contributed by atoms with Gasteiger partial charge in [-0.05, 0) is 36.4 Å². The van der Waals surface area contributed by atoms with Crippen LogP contribution in [0.2, 0.25) is 5.02 Å². The number of carbonyl (C=O) groups is 2. The average Bonchev–Trinajstić information content (AvgIpc) is 3.38. The molecular weight excluding hydrogens is 548 g/mol. The second-order valence-corrected chi connectivity index (χ2v) is 9.00. The summed E-state index contributed by atoms with van der Waals surface area (Å²) >= 11 is 6.53. The Morgan fingerprint density at radius 2 is 1.87 bits per heavy atom. The standard InChI is InChI=1S/C24H15ClF4N6O2S/c1-12(35-22(37)18-8-17(33-11-34-18)14-3-2-6-30-21(14)26)23-32-10-20(38-23)19(36)9-31-13-4-5-16(25)15(7-13)24(27,28)29/h2-8,10-11,31H,1,9H2,(H,35,37). The van der Waals surface area contributed by atoms with Crippen LogP contribution in [0, 0.1) is 5.95 Å². The van der Waals surface area contributed by atoms with E-state index in [1.54, 1.807) is 0 Å². The maximum absolute atomic E-state index is 14.0. The lowest BCUT2D eigenvalue weighted by atomic mass is 10.2. The molecule has 0 aliphatic rings. The molecule has 0 atom stereocenters. The van der Waals surface area contributed by atoms with Crippen LogP contribution >= 0.6 is 22.9 Å². The van der Waals surface area contributed by atoms with E-state index in [2.05, 4.69) is 37.1 Å². The van der Waals surface area contributed by atoms with Crippen LogP contribution in [-0.2, 0) is 6.18 Å². The summed E-state index contributed by atoms with van der Waals surface area (Å²) in [6.45, 7) is 3.44. The van der Waals surface area contributed by atoms with E-state index in [0.717, 1.165) is 29.8 Å². The number of rotatable bonds is 8. The third kappa shape index (κ3) is 6.18. The number of Topliss-reactive ketones (excluding diaryl/α,β-unsaturated/α-hetero) is 1. The first kappa shape index (κ1) is 26.8. The molecule has 0 bridgehead atoms. The summed E-state index contributed by atoms with van der Waals surface area (Å²) in [6, 6.07) is 7.48. The van der Waals surface area contributed by atoms with E-state index in [4.69, 9.17) is 11.6 Å². The van der Waals surface area contributed by atoms with Crippen molar-refractivity contribution < 1.29 is 27.2 Å². The Morgan fingerprint density at radius 1 is 1.08 bits per heavy atom. The molecular formula is C24H15ClF4N6O2S. The van der Waals surface area contributed by atoms with Gasteiger partial charge in [-0.3, -0.25) is 9.59 Å². The lowest BCUT2D eigenvalue weighted by Crippen LogP contribution is -2.22. The molecule has 0 fully saturated rings. The maximum Gasteiger partial charge on any atom is 0.417 e. The van der Waals surface area contributed by atoms with E-state index < -0.39 is 34.4 Å². The number of hydrogen-bond donors (Lipinski definition) is 2. The number of nitrogens with one attached hydrogen (secondary N) is 2. The monoisotopic (exact) mass is 562 g/mol. The molecule has 0 saturated heterocycles. The van der Waals surface area contributed by atoms with Crippen LogP contribution in [0.1, 0.15) is 30.7 Å². The van der Waals surface area contributed by atoms with E-state index in [9.17, 15) is 27.2 Å². The summed E-state index contributed by atoms with van der Waals surface area (Å²) in [7, 11) is 0. The Balaban J connectivity index is 1.39. The fourth-order valence-corrected chi connectivity index (χ4v) is 4.13. The fraction of sp³-hybridized carbons (Fsp3) is 0.0833. The van der Waals surface area contributed by atoms with Gasteiger partial charge in [-0.15, -0.1) is 11.3 Å². The Morgan fingerprint density at radius 3 is 2.61 bits per heavy atom. The highest BCUT2D eigenvalue weighted by Gasteiger charge is 2.33. The summed E-state index contributed by atoms with van der Waals surface area (Å²) in [5.74, 6) is -1.88. The molecule has 194 valence electrons. The van der Waals surface area contributed by atoms with Gasteiger partial charge in [-0.25, -0.2) is 19.9 Å². The first-order chi connectivity index (χ1) is 18.0. The zero-order valence-electron chi connectivity index (χ0n) is 19.0. The molecule has 0 unspecified atom stereocenters. The van der Waals surface area contributed by atoms with Gasteiger partial charge in [0.1, 0.15) is 17.0 Å². The predicted octanol–water partition coefficient (Wildman–Crippen LogP) is 5.50. The number of thiazole rings is 1. The third-order valence-corrected chi connectivity index (χ3v) is 6.39. The van der Waals surface area contributed by atoms with Crippen molar-refractivity contribution in [3.8, 4) is 11.3 Å². The smallest absolute Gasteiger partial charge is 0.378 e. The second kappa shape index (κ2) is 11.0. The Bertz CT molecular complexity index is 1540. The van der Waals surface area contributed by atoms with Crippen molar-refractivity contribution in [1.29, 1.82) is 0 Å². The number of pyridine rings is 1. The van der Waals surface area contributed by atoms with Crippen molar-refractivity contribution in [1.82, 2.24) is 25.3 Å². The molecule has 0 aliphatic carbocycles. The van der Waals surface area contributed by atoms with Gasteiger partial charge in [0.15, 0.2) is 5.78 Å². The van der Waals surface area contributed by atoms with Gasteiger partial charge in [0.25, 0.3) is 5.91 Å². The molecule has 1 aromatic carbocycles. The molecule has 0 aliphatic heterocycles. The van der Waals surface area contributed by atoms with Crippen LogP contribution < -0.4 is 10.6 Å². The number of carbonyl (C=O) groups excluding carboxylic acids is 2. The maximum atomic E-state index is 14.0. The number of aromatic nitrogens is 4. The third-order valence-electron chi connectivity index (χ3n) is 4.96. The van der Waals surface area contributed by atoms with Crippen molar-refractivity contribution in [3.63, 3.8) is 0 Å². The number of nitrogens with zero attached hydrogens (tertiary/aromatic N) is 4. The number of benzene rings is 1. The molecule has 4 aromatic rings. The van der Waals surface area contributed by atoms with Gasteiger partial charge in [-0.2, -0.15) is 17.6 Å². The van der Waals surface area contributed by atoms with Crippen LogP contribution in [0.5, 0.6) is 0 Å². The van der Waals surface area contributed by atoms with Crippen LogP contribution in [-0.4, -0.2) is 38.2 Å². The minimum absolute atomic E-state index is 0.0619. The molecule has 0 saturated carbocycles. The van der Waals surface area contributed by atoms with Crippen molar-refractivity contribution in [2.75, 3.05) is 11.9 Å². The lowest BCUT2D eigenvalue weighted by molar-refractivity contribution is -0.137. The Hall–Kier alpha value is -4.23. The van der Waals surface area contributed by atoms with Crippen LogP contribution in [0.4, 0.5) is 23.2 Å². The van der Waals surface area contributed by atoms with Gasteiger partial charge in [-0.1, -0.05) is 18.2 Å². The number of halogens is 5. The van der Waals surface area contributed by atoms with E-state index in [0.29, 0.717) is 0 Å². The Kier molecular flexibility index (Phi) is 7.78. The largest absolute Gasteiger partial charge is 0.417 e. The highest BCUT2D eigenvalue weighted by atomic mass is 35.5. The summed E-state index contributed by atoms with van der Waals surface area (Å²) < 4.78 is 53.1. The number of hydrogen-bond acceptors (Lipinski definition) is 8. The van der Waals surface area contributed by atoms with E-state index >= 15 is 0 Å². The molecule has 14 heteroatoms. The summed E-state index contributed by atoms with van der Waals surface area (Å²) in [4.78, 5) is 40.9. The molecule has 1 amide bonds. The summed E-state index contributed by atoms with van der Waals surface area (Å²) in [5.41, 5.74) is -0.714. The first-order valence-electron chi connectivity index (χ1n) is 10.6. The van der Waals surface area contributed by atoms with Crippen molar-refractivity contribution in [3.05, 3.63) is 93.8 Å². The average molecular weight is 563 g/mol. The molecule has 8 nitrogen and oxygen atoms in total. The van der Waals surface area contributed by atoms with Gasteiger partial charge in [0.2, 0.25) is 5.95 Å². The number of anilines is 1.